The van der Waals surface area contributed by atoms with Crippen LogP contribution in [-0.4, -0.2) is 11.3 Å². The van der Waals surface area contributed by atoms with Crippen molar-refractivity contribution in [3.8, 4) is 0 Å². The van der Waals surface area contributed by atoms with Gasteiger partial charge in [0.15, 0.2) is 0 Å². The van der Waals surface area contributed by atoms with Gasteiger partial charge in [0.25, 0.3) is 0 Å². The number of benzene rings is 2. The summed E-state index contributed by atoms with van der Waals surface area (Å²) < 4.78 is 0. The molecule has 0 saturated heterocycles. The van der Waals surface area contributed by atoms with Crippen molar-refractivity contribution < 1.29 is 0 Å². The second-order valence-corrected chi connectivity index (χ2v) is 13.5. The second-order valence-electron chi connectivity index (χ2n) is 5.75. The Morgan fingerprint density at radius 2 is 1.14 bits per heavy atom. The van der Waals surface area contributed by atoms with Crippen LogP contribution in [0.2, 0.25) is 0 Å². The summed E-state index contributed by atoms with van der Waals surface area (Å²) in [5.41, 5.74) is 3.63. The number of hydrogen-bond donors (Lipinski definition) is 1. The van der Waals surface area contributed by atoms with E-state index in [9.17, 15) is 0 Å². The maximum absolute atomic E-state index is 5.96. The fourth-order valence-corrected chi connectivity index (χ4v) is 5.36. The van der Waals surface area contributed by atoms with E-state index in [1.807, 2.05) is 0 Å². The van der Waals surface area contributed by atoms with Crippen LogP contribution in [0.4, 0.5) is 0 Å². The third-order valence-corrected chi connectivity index (χ3v) is 11.4. The summed E-state index contributed by atoms with van der Waals surface area (Å²) in [6.45, 7) is 4.53. The van der Waals surface area contributed by atoms with Crippen LogP contribution in [-0.2, 0) is 24.6 Å². The van der Waals surface area contributed by atoms with E-state index < -0.39 is 5.24 Å². The molecule has 112 valence electrons. The summed E-state index contributed by atoms with van der Waals surface area (Å²) in [4.78, 5) is 0. The SMILES string of the molecule is CC(Cc1ccccc1)P(=S)(S)C(C)Cc1ccccc1. The molecule has 2 unspecified atom stereocenters. The summed E-state index contributed by atoms with van der Waals surface area (Å²) in [7, 11) is 0. The summed E-state index contributed by atoms with van der Waals surface area (Å²) >= 11 is 10.9. The van der Waals surface area contributed by atoms with Gasteiger partial charge in [0.1, 0.15) is 0 Å². The minimum absolute atomic E-state index is 0.456. The Bertz CT molecular complexity index is 544. The third kappa shape index (κ3) is 4.71. The second kappa shape index (κ2) is 7.63. The fourth-order valence-electron chi connectivity index (χ4n) is 2.61. The molecule has 2 atom stereocenters. The molecule has 0 saturated carbocycles. The minimum Gasteiger partial charge on any atom is -0.140 e. The first kappa shape index (κ1) is 16.8. The van der Waals surface area contributed by atoms with E-state index in [4.69, 9.17) is 24.1 Å². The molecular weight excluding hydrogens is 311 g/mol. The molecule has 3 heteroatoms. The molecule has 0 amide bonds. The van der Waals surface area contributed by atoms with Gasteiger partial charge in [-0.2, -0.15) is 0 Å². The van der Waals surface area contributed by atoms with Crippen LogP contribution >= 0.6 is 17.5 Å². The molecule has 0 fully saturated rings. The molecule has 0 aliphatic rings. The Kier molecular flexibility index (Phi) is 6.10. The Morgan fingerprint density at radius 1 is 0.810 bits per heavy atom. The van der Waals surface area contributed by atoms with Crippen molar-refractivity contribution in [2.24, 2.45) is 0 Å². The van der Waals surface area contributed by atoms with Crippen LogP contribution in [0.15, 0.2) is 60.7 Å². The topological polar surface area (TPSA) is 0 Å². The largest absolute Gasteiger partial charge is 0.140 e. The smallest absolute Gasteiger partial charge is 0.00942 e. The van der Waals surface area contributed by atoms with Crippen LogP contribution in [0, 0.1) is 0 Å². The van der Waals surface area contributed by atoms with E-state index in [0.29, 0.717) is 11.3 Å². The van der Waals surface area contributed by atoms with Crippen LogP contribution in [0.25, 0.3) is 0 Å². The van der Waals surface area contributed by atoms with Gasteiger partial charge < -0.3 is 0 Å². The van der Waals surface area contributed by atoms with Crippen molar-refractivity contribution in [3.05, 3.63) is 71.8 Å². The first-order valence-corrected chi connectivity index (χ1v) is 11.5. The van der Waals surface area contributed by atoms with Crippen molar-refractivity contribution in [1.29, 1.82) is 0 Å². The highest BCUT2D eigenvalue weighted by Crippen LogP contribution is 2.61. The van der Waals surface area contributed by atoms with Crippen LogP contribution in [0.1, 0.15) is 25.0 Å². The van der Waals surface area contributed by atoms with Crippen LogP contribution < -0.4 is 0 Å². The van der Waals surface area contributed by atoms with Gasteiger partial charge in [-0.15, -0.1) is 12.2 Å². The van der Waals surface area contributed by atoms with Gasteiger partial charge in [0.05, 0.1) is 0 Å². The predicted octanol–water partition coefficient (Wildman–Crippen LogP) is 5.57. The van der Waals surface area contributed by atoms with Gasteiger partial charge in [-0.3, -0.25) is 0 Å². The molecule has 0 radical (unpaired) electrons. The molecule has 0 spiro atoms. The standard InChI is InChI=1S/C18H23PS2/c1-15(13-17-9-5-3-6-10-17)19(20,21)16(2)14-18-11-7-4-8-12-18/h3-12,15-16H,13-14H2,1-2H3,(H,20,21). The molecule has 0 N–H and O–H groups in total. The zero-order valence-electron chi connectivity index (χ0n) is 12.6. The van der Waals surface area contributed by atoms with Gasteiger partial charge in [-0.05, 0) is 35.3 Å². The Morgan fingerprint density at radius 3 is 1.48 bits per heavy atom. The molecule has 2 aromatic rings. The van der Waals surface area contributed by atoms with Crippen molar-refractivity contribution in [1.82, 2.24) is 0 Å². The number of hydrogen-bond acceptors (Lipinski definition) is 1. The van der Waals surface area contributed by atoms with E-state index in [0.717, 1.165) is 12.8 Å². The van der Waals surface area contributed by atoms with Gasteiger partial charge in [-0.1, -0.05) is 86.3 Å². The number of thiol groups is 1. The van der Waals surface area contributed by atoms with Crippen molar-refractivity contribution in [2.45, 2.75) is 38.0 Å². The highest BCUT2D eigenvalue weighted by atomic mass is 32.9. The normalized spacial score (nSPS) is 16.9. The highest BCUT2D eigenvalue weighted by molar-refractivity contribution is 8.63. The maximum atomic E-state index is 5.96. The van der Waals surface area contributed by atoms with Gasteiger partial charge in [-0.25, -0.2) is 0 Å². The van der Waals surface area contributed by atoms with E-state index >= 15 is 0 Å². The molecule has 0 bridgehead atoms. The lowest BCUT2D eigenvalue weighted by atomic mass is 10.1. The molecule has 0 nitrogen and oxygen atoms in total. The Balaban J connectivity index is 2.04. The average Bonchev–Trinajstić information content (AvgIpc) is 2.49. The molecular formula is C18H23PS2. The van der Waals surface area contributed by atoms with Crippen molar-refractivity contribution >= 4 is 29.3 Å². The van der Waals surface area contributed by atoms with E-state index in [2.05, 4.69) is 74.5 Å². The van der Waals surface area contributed by atoms with Gasteiger partial charge in [0.2, 0.25) is 0 Å². The molecule has 21 heavy (non-hydrogen) atoms. The summed E-state index contributed by atoms with van der Waals surface area (Å²) in [5, 5.41) is -1.68. The van der Waals surface area contributed by atoms with E-state index in [1.54, 1.807) is 0 Å². The van der Waals surface area contributed by atoms with Crippen LogP contribution in [0.3, 0.4) is 0 Å². The van der Waals surface area contributed by atoms with E-state index in [1.165, 1.54) is 11.1 Å². The lowest BCUT2D eigenvalue weighted by Crippen LogP contribution is -2.15. The minimum atomic E-state index is -1.68. The molecule has 0 heterocycles. The lowest BCUT2D eigenvalue weighted by Gasteiger charge is -2.30. The quantitative estimate of drug-likeness (QED) is 0.532. The lowest BCUT2D eigenvalue weighted by molar-refractivity contribution is 0.877. The monoisotopic (exact) mass is 334 g/mol. The summed E-state index contributed by atoms with van der Waals surface area (Å²) in [6.07, 6.45) is 2.06. The maximum Gasteiger partial charge on any atom is 0.00942 e. The zero-order chi connectivity index (χ0) is 15.3. The van der Waals surface area contributed by atoms with Crippen molar-refractivity contribution in [3.63, 3.8) is 0 Å². The summed E-state index contributed by atoms with van der Waals surface area (Å²) in [6, 6.07) is 21.2. The highest BCUT2D eigenvalue weighted by Gasteiger charge is 2.27. The average molecular weight is 334 g/mol. The van der Waals surface area contributed by atoms with E-state index in [-0.39, 0.29) is 0 Å². The summed E-state index contributed by atoms with van der Waals surface area (Å²) in [5.74, 6) is 0. The third-order valence-electron chi connectivity index (χ3n) is 4.01. The Labute approximate surface area is 139 Å². The van der Waals surface area contributed by atoms with Crippen molar-refractivity contribution in [2.75, 3.05) is 0 Å². The first-order valence-electron chi connectivity index (χ1n) is 7.40. The zero-order valence-corrected chi connectivity index (χ0v) is 15.3. The molecule has 2 aromatic carbocycles. The van der Waals surface area contributed by atoms with Crippen LogP contribution in [0.5, 0.6) is 0 Å². The predicted molar refractivity (Wildman–Crippen MR) is 102 cm³/mol. The number of rotatable bonds is 6. The van der Waals surface area contributed by atoms with Gasteiger partial charge in [0, 0.05) is 5.24 Å². The van der Waals surface area contributed by atoms with Gasteiger partial charge >= 0.3 is 0 Å². The molecule has 0 aromatic heterocycles. The molecule has 0 aliphatic carbocycles. The molecule has 0 aliphatic heterocycles. The first-order chi connectivity index (χ1) is 10.00. The fraction of sp³-hybridized carbons (Fsp3) is 0.333. The Hall–Kier alpha value is -0.560. The molecule has 2 rings (SSSR count).